The van der Waals surface area contributed by atoms with Crippen molar-refractivity contribution in [3.8, 4) is 17.2 Å². The van der Waals surface area contributed by atoms with Gasteiger partial charge in [0.2, 0.25) is 5.75 Å². The monoisotopic (exact) mass is 496 g/mol. The topological polar surface area (TPSA) is 36.6 Å². The molecule has 0 spiro atoms. The molecule has 0 aromatic heterocycles. The maximum atomic E-state index is 13.0. The molecule has 0 aliphatic carbocycles. The van der Waals surface area contributed by atoms with Crippen molar-refractivity contribution in [3.63, 3.8) is 0 Å². The molecule has 3 rings (SSSR count). The maximum absolute atomic E-state index is 13.0. The lowest BCUT2D eigenvalue weighted by molar-refractivity contribution is -0.986. The van der Waals surface area contributed by atoms with Crippen LogP contribution < -0.4 is 48.8 Å². The Hall–Kier alpha value is -1.87. The van der Waals surface area contributed by atoms with E-state index in [-0.39, 0.29) is 24.8 Å². The molecule has 0 unspecified atom stereocenters. The van der Waals surface area contributed by atoms with Crippen molar-refractivity contribution in [1.82, 2.24) is 0 Å². The Morgan fingerprint density at radius 2 is 1.44 bits per heavy atom. The average Bonchev–Trinajstić information content (AvgIpc) is 2.76. The van der Waals surface area contributed by atoms with Gasteiger partial charge in [-0.2, -0.15) is 13.2 Å². The summed E-state index contributed by atoms with van der Waals surface area (Å²) in [6.07, 6.45) is -3.45. The standard InChI is InChI=1S/C22H27F3N2O3.2ClH/c1-28-19-13-16(14-20(29-2)21(19)30-3)7-8-26-9-11-27(12-10-26)18-6-4-5-17(15-18)22(23,24)25;;/h4-6,13-15H,7-12H2,1-3H3;2*1H. The van der Waals surface area contributed by atoms with Crippen LogP contribution in [0.3, 0.4) is 0 Å². The molecular formula is C22H29Cl2F3N2O3. The molecule has 2 aromatic carbocycles. The van der Waals surface area contributed by atoms with Crippen molar-refractivity contribution >= 4 is 5.69 Å². The second-order valence-electron chi connectivity index (χ2n) is 7.47. The first kappa shape index (κ1) is 28.2. The number of nitrogens with one attached hydrogen (secondary N) is 2. The van der Waals surface area contributed by atoms with Gasteiger partial charge in [-0.15, -0.1) is 0 Å². The first-order valence-electron chi connectivity index (χ1n) is 10.0. The number of halogens is 5. The van der Waals surface area contributed by atoms with Gasteiger partial charge in [-0.1, -0.05) is 6.07 Å². The van der Waals surface area contributed by atoms with Gasteiger partial charge in [0.25, 0.3) is 0 Å². The summed E-state index contributed by atoms with van der Waals surface area (Å²) in [5, 5.41) is 0. The van der Waals surface area contributed by atoms with E-state index in [0.29, 0.717) is 22.9 Å². The van der Waals surface area contributed by atoms with E-state index in [1.165, 1.54) is 17.0 Å². The highest BCUT2D eigenvalue weighted by Crippen LogP contribution is 2.38. The van der Waals surface area contributed by atoms with Gasteiger partial charge in [0.05, 0.1) is 33.4 Å². The molecular weight excluding hydrogens is 468 g/mol. The fraction of sp³-hybridized carbons (Fsp3) is 0.455. The van der Waals surface area contributed by atoms with Crippen LogP contribution in [-0.4, -0.2) is 54.1 Å². The summed E-state index contributed by atoms with van der Waals surface area (Å²) in [7, 11) is 4.78. The molecule has 1 heterocycles. The van der Waals surface area contributed by atoms with Gasteiger partial charge >= 0.3 is 6.18 Å². The minimum absolute atomic E-state index is 0. The van der Waals surface area contributed by atoms with Crippen LogP contribution in [0.2, 0.25) is 0 Å². The highest BCUT2D eigenvalue weighted by atomic mass is 35.5. The second-order valence-corrected chi connectivity index (χ2v) is 7.47. The van der Waals surface area contributed by atoms with Crippen LogP contribution in [0.1, 0.15) is 11.1 Å². The Bertz CT molecular complexity index is 836. The molecule has 0 radical (unpaired) electrons. The van der Waals surface area contributed by atoms with Gasteiger partial charge in [-0.25, -0.2) is 0 Å². The van der Waals surface area contributed by atoms with Gasteiger partial charge in [0.15, 0.2) is 11.5 Å². The van der Waals surface area contributed by atoms with Gasteiger partial charge in [0.1, 0.15) is 31.9 Å². The molecule has 0 amide bonds. The third-order valence-corrected chi connectivity index (χ3v) is 5.65. The Kier molecular flexibility index (Phi) is 10.9. The van der Waals surface area contributed by atoms with Gasteiger partial charge in [-0.3, -0.25) is 4.90 Å². The van der Waals surface area contributed by atoms with Crippen molar-refractivity contribution in [2.75, 3.05) is 54.1 Å². The van der Waals surface area contributed by atoms with Crippen molar-refractivity contribution in [3.05, 3.63) is 47.5 Å². The molecule has 2 N–H and O–H groups in total. The molecule has 1 saturated heterocycles. The SMILES string of the molecule is COc1cc(CC[NH+]2CC[NH+](c3cccc(C(F)(F)F)c3)CC2)cc(OC)c1OC.[Cl-].[Cl-]. The fourth-order valence-electron chi connectivity index (χ4n) is 3.96. The van der Waals surface area contributed by atoms with Gasteiger partial charge in [0, 0.05) is 12.5 Å². The molecule has 0 bridgehead atoms. The summed E-state index contributed by atoms with van der Waals surface area (Å²) in [6, 6.07) is 9.61. The molecule has 180 valence electrons. The first-order chi connectivity index (χ1) is 14.4. The number of rotatable bonds is 7. The minimum atomic E-state index is -4.30. The predicted molar refractivity (Wildman–Crippen MR) is 107 cm³/mol. The molecule has 32 heavy (non-hydrogen) atoms. The summed E-state index contributed by atoms with van der Waals surface area (Å²) in [6.45, 7) is 4.39. The Morgan fingerprint density at radius 3 is 1.94 bits per heavy atom. The molecule has 5 nitrogen and oxygen atoms in total. The molecule has 2 aromatic rings. The zero-order valence-electron chi connectivity index (χ0n) is 18.3. The lowest BCUT2D eigenvalue weighted by atomic mass is 10.1. The highest BCUT2D eigenvalue weighted by Gasteiger charge is 2.32. The van der Waals surface area contributed by atoms with Crippen molar-refractivity contribution < 1.29 is 62.0 Å². The lowest BCUT2D eigenvalue weighted by Gasteiger charge is -2.29. The summed E-state index contributed by atoms with van der Waals surface area (Å²) >= 11 is 0. The van der Waals surface area contributed by atoms with E-state index < -0.39 is 11.7 Å². The smallest absolute Gasteiger partial charge is 0.416 e. The van der Waals surface area contributed by atoms with E-state index in [2.05, 4.69) is 0 Å². The Labute approximate surface area is 199 Å². The van der Waals surface area contributed by atoms with Crippen LogP contribution in [0.25, 0.3) is 0 Å². The van der Waals surface area contributed by atoms with Crippen molar-refractivity contribution in [1.29, 1.82) is 0 Å². The molecule has 0 atom stereocenters. The molecule has 1 aliphatic rings. The summed E-state index contributed by atoms with van der Waals surface area (Å²) in [4.78, 5) is 2.55. The van der Waals surface area contributed by atoms with Crippen LogP contribution in [0.15, 0.2) is 36.4 Å². The Morgan fingerprint density at radius 1 is 0.844 bits per heavy atom. The molecule has 0 saturated carbocycles. The number of hydrogen-bond acceptors (Lipinski definition) is 3. The van der Waals surface area contributed by atoms with E-state index in [1.807, 2.05) is 12.1 Å². The largest absolute Gasteiger partial charge is 1.00 e. The highest BCUT2D eigenvalue weighted by molar-refractivity contribution is 5.53. The van der Waals surface area contributed by atoms with Crippen LogP contribution in [0.5, 0.6) is 17.2 Å². The molecule has 10 heteroatoms. The predicted octanol–water partition coefficient (Wildman–Crippen LogP) is -4.60. The van der Waals surface area contributed by atoms with E-state index in [9.17, 15) is 13.2 Å². The van der Waals surface area contributed by atoms with E-state index in [4.69, 9.17) is 14.2 Å². The number of quaternary nitrogens is 2. The number of hydrogen-bond donors (Lipinski definition) is 2. The third kappa shape index (κ3) is 6.81. The van der Waals surface area contributed by atoms with Crippen LogP contribution in [-0.2, 0) is 12.6 Å². The molecule has 1 fully saturated rings. The van der Waals surface area contributed by atoms with Crippen LogP contribution in [0.4, 0.5) is 18.9 Å². The average molecular weight is 497 g/mol. The zero-order valence-corrected chi connectivity index (χ0v) is 19.8. The quantitative estimate of drug-likeness (QED) is 0.405. The van der Waals surface area contributed by atoms with Crippen LogP contribution in [0, 0.1) is 0 Å². The fourth-order valence-corrected chi connectivity index (χ4v) is 3.96. The number of alkyl halides is 3. The van der Waals surface area contributed by atoms with Crippen molar-refractivity contribution in [2.45, 2.75) is 12.6 Å². The first-order valence-corrected chi connectivity index (χ1v) is 10.0. The summed E-state index contributed by atoms with van der Waals surface area (Å²) in [5.41, 5.74) is 1.24. The lowest BCUT2D eigenvalue weighted by Crippen LogP contribution is -3.26. The van der Waals surface area contributed by atoms with Gasteiger partial charge in [-0.05, 0) is 29.8 Å². The second kappa shape index (κ2) is 12.4. The summed E-state index contributed by atoms with van der Waals surface area (Å²) in [5.74, 6) is 1.86. The van der Waals surface area contributed by atoms with E-state index >= 15 is 0 Å². The van der Waals surface area contributed by atoms with Gasteiger partial charge < -0.3 is 43.9 Å². The van der Waals surface area contributed by atoms with E-state index in [1.54, 1.807) is 27.4 Å². The Balaban J connectivity index is 0.00000256. The number of methoxy groups -OCH3 is 3. The number of benzene rings is 2. The zero-order chi connectivity index (χ0) is 21.7. The number of piperazine rings is 1. The maximum Gasteiger partial charge on any atom is 0.416 e. The van der Waals surface area contributed by atoms with Crippen LogP contribution >= 0.6 is 0 Å². The third-order valence-electron chi connectivity index (χ3n) is 5.65. The van der Waals surface area contributed by atoms with Crippen molar-refractivity contribution in [2.24, 2.45) is 0 Å². The number of ether oxygens (including phenoxy) is 3. The minimum Gasteiger partial charge on any atom is -1.00 e. The summed E-state index contributed by atoms with van der Waals surface area (Å²) < 4.78 is 55.1. The van der Waals surface area contributed by atoms with E-state index in [0.717, 1.165) is 55.7 Å². The normalized spacial score (nSPS) is 18.2. The molecule has 1 aliphatic heterocycles.